The van der Waals surface area contributed by atoms with Crippen LogP contribution in [0.3, 0.4) is 0 Å². The van der Waals surface area contributed by atoms with Crippen LogP contribution in [0.4, 0.5) is 0 Å². The number of phenols is 1. The molecule has 76 valence electrons. The lowest BCUT2D eigenvalue weighted by Gasteiger charge is -1.97. The molecule has 5 nitrogen and oxygen atoms in total. The van der Waals surface area contributed by atoms with E-state index in [0.29, 0.717) is 4.47 Å². The highest BCUT2D eigenvalue weighted by molar-refractivity contribution is 9.10. The quantitative estimate of drug-likeness (QED) is 0.841. The molecule has 0 spiro atoms. The Morgan fingerprint density at radius 3 is 2.73 bits per heavy atom. The molecule has 1 N–H and O–H groups in total. The van der Waals surface area contributed by atoms with Gasteiger partial charge in [-0.25, -0.2) is 4.68 Å². The summed E-state index contributed by atoms with van der Waals surface area (Å²) in [6, 6.07) is 5.12. The van der Waals surface area contributed by atoms with Crippen LogP contribution in [0.2, 0.25) is 0 Å². The minimum Gasteiger partial charge on any atom is -0.507 e. The molecule has 15 heavy (non-hydrogen) atoms. The van der Waals surface area contributed by atoms with Crippen LogP contribution in [0.15, 0.2) is 40.4 Å². The summed E-state index contributed by atoms with van der Waals surface area (Å²) in [5.74, 6) is 0.205. The lowest BCUT2D eigenvalue weighted by molar-refractivity contribution is 0.472. The fraction of sp³-hybridized carbons (Fsp3) is 0. The first-order chi connectivity index (χ1) is 7.25. The van der Waals surface area contributed by atoms with E-state index in [9.17, 15) is 5.11 Å². The third kappa shape index (κ3) is 2.41. The molecule has 0 unspecified atom stereocenters. The van der Waals surface area contributed by atoms with Crippen LogP contribution < -0.4 is 0 Å². The summed E-state index contributed by atoms with van der Waals surface area (Å²) in [5, 5.41) is 20.6. The van der Waals surface area contributed by atoms with Crippen molar-refractivity contribution in [3.63, 3.8) is 0 Å². The smallest absolute Gasteiger partial charge is 0.141 e. The summed E-state index contributed by atoms with van der Waals surface area (Å²) in [4.78, 5) is 0. The van der Waals surface area contributed by atoms with Crippen molar-refractivity contribution in [1.82, 2.24) is 14.9 Å². The van der Waals surface area contributed by atoms with Gasteiger partial charge >= 0.3 is 0 Å². The van der Waals surface area contributed by atoms with Gasteiger partial charge in [0.25, 0.3) is 0 Å². The molecule has 0 bridgehead atoms. The molecule has 0 fully saturated rings. The number of benzene rings is 1. The van der Waals surface area contributed by atoms with Crippen molar-refractivity contribution in [3.8, 4) is 5.75 Å². The van der Waals surface area contributed by atoms with Crippen LogP contribution in [0, 0.1) is 0 Å². The first kappa shape index (κ1) is 9.85. The van der Waals surface area contributed by atoms with E-state index in [1.807, 2.05) is 0 Å². The predicted molar refractivity (Wildman–Crippen MR) is 58.8 cm³/mol. The fourth-order valence-electron chi connectivity index (χ4n) is 0.992. The summed E-state index contributed by atoms with van der Waals surface area (Å²) >= 11 is 3.22. The Hall–Kier alpha value is -1.69. The van der Waals surface area contributed by atoms with Gasteiger partial charge in [0.2, 0.25) is 0 Å². The SMILES string of the molecule is Oc1ccc(/C=N\n2cnnc2)cc1Br. The highest BCUT2D eigenvalue weighted by Gasteiger charge is 1.97. The van der Waals surface area contributed by atoms with Gasteiger partial charge in [-0.15, -0.1) is 10.2 Å². The Bertz CT molecular complexity index is 481. The van der Waals surface area contributed by atoms with E-state index in [2.05, 4.69) is 31.2 Å². The van der Waals surface area contributed by atoms with E-state index < -0.39 is 0 Å². The average molecular weight is 267 g/mol. The van der Waals surface area contributed by atoms with Gasteiger partial charge in [-0.1, -0.05) is 0 Å². The van der Waals surface area contributed by atoms with Gasteiger partial charge in [-0.3, -0.25) is 0 Å². The van der Waals surface area contributed by atoms with Crippen molar-refractivity contribution in [2.45, 2.75) is 0 Å². The zero-order valence-electron chi connectivity index (χ0n) is 7.58. The number of hydrogen-bond acceptors (Lipinski definition) is 4. The largest absolute Gasteiger partial charge is 0.507 e. The average Bonchev–Trinajstić information content (AvgIpc) is 2.73. The number of aromatic nitrogens is 3. The summed E-state index contributed by atoms with van der Waals surface area (Å²) < 4.78 is 2.12. The van der Waals surface area contributed by atoms with Gasteiger partial charge in [-0.2, -0.15) is 5.10 Å². The van der Waals surface area contributed by atoms with Gasteiger partial charge in [0.15, 0.2) is 0 Å². The van der Waals surface area contributed by atoms with Crippen molar-refractivity contribution in [2.75, 3.05) is 0 Å². The first-order valence-electron chi connectivity index (χ1n) is 4.13. The van der Waals surface area contributed by atoms with E-state index in [1.165, 1.54) is 17.3 Å². The van der Waals surface area contributed by atoms with Crippen molar-refractivity contribution in [1.29, 1.82) is 0 Å². The van der Waals surface area contributed by atoms with Crippen molar-refractivity contribution < 1.29 is 5.11 Å². The summed E-state index contributed by atoms with van der Waals surface area (Å²) in [6.07, 6.45) is 4.63. The molecule has 6 heteroatoms. The van der Waals surface area contributed by atoms with E-state index in [1.54, 1.807) is 24.4 Å². The van der Waals surface area contributed by atoms with E-state index in [4.69, 9.17) is 0 Å². The second kappa shape index (κ2) is 4.22. The first-order valence-corrected chi connectivity index (χ1v) is 4.92. The molecule has 0 aliphatic heterocycles. The molecule has 0 atom stereocenters. The molecule has 1 aromatic heterocycles. The van der Waals surface area contributed by atoms with Crippen LogP contribution in [0.1, 0.15) is 5.56 Å². The maximum atomic E-state index is 9.28. The van der Waals surface area contributed by atoms with Gasteiger partial charge in [0.1, 0.15) is 18.4 Å². The Morgan fingerprint density at radius 2 is 2.07 bits per heavy atom. The van der Waals surface area contributed by atoms with Crippen LogP contribution in [-0.4, -0.2) is 26.2 Å². The molecule has 0 aliphatic carbocycles. The van der Waals surface area contributed by atoms with Gasteiger partial charge in [-0.05, 0) is 39.7 Å². The summed E-state index contributed by atoms with van der Waals surface area (Å²) in [5.41, 5.74) is 0.869. The van der Waals surface area contributed by atoms with Crippen LogP contribution in [-0.2, 0) is 0 Å². The van der Waals surface area contributed by atoms with E-state index >= 15 is 0 Å². The Labute approximate surface area is 94.2 Å². The number of halogens is 1. The minimum absolute atomic E-state index is 0.205. The highest BCUT2D eigenvalue weighted by atomic mass is 79.9. The van der Waals surface area contributed by atoms with Gasteiger partial charge < -0.3 is 5.11 Å². The van der Waals surface area contributed by atoms with Crippen molar-refractivity contribution in [3.05, 3.63) is 40.9 Å². The highest BCUT2D eigenvalue weighted by Crippen LogP contribution is 2.23. The molecule has 2 rings (SSSR count). The summed E-state index contributed by atoms with van der Waals surface area (Å²) in [7, 11) is 0. The zero-order valence-corrected chi connectivity index (χ0v) is 9.16. The van der Waals surface area contributed by atoms with E-state index in [-0.39, 0.29) is 5.75 Å². The Morgan fingerprint density at radius 1 is 1.33 bits per heavy atom. The maximum absolute atomic E-state index is 9.28. The number of phenolic OH excluding ortho intramolecular Hbond substituents is 1. The van der Waals surface area contributed by atoms with E-state index in [0.717, 1.165) is 5.56 Å². The Kier molecular flexibility index (Phi) is 2.77. The molecule has 0 radical (unpaired) electrons. The van der Waals surface area contributed by atoms with Crippen molar-refractivity contribution >= 4 is 22.1 Å². The zero-order chi connectivity index (χ0) is 10.7. The van der Waals surface area contributed by atoms with Gasteiger partial charge in [0, 0.05) is 0 Å². The fourth-order valence-corrected chi connectivity index (χ4v) is 1.39. The normalized spacial score (nSPS) is 11.0. The molecule has 0 aliphatic rings. The van der Waals surface area contributed by atoms with Crippen LogP contribution in [0.25, 0.3) is 0 Å². The predicted octanol–water partition coefficient (Wildman–Crippen LogP) is 1.63. The lowest BCUT2D eigenvalue weighted by atomic mass is 10.2. The monoisotopic (exact) mass is 266 g/mol. The third-order valence-corrected chi connectivity index (χ3v) is 2.35. The molecule has 0 amide bonds. The molecule has 2 aromatic rings. The molecule has 0 saturated carbocycles. The third-order valence-electron chi connectivity index (χ3n) is 1.72. The molecule has 0 saturated heterocycles. The van der Waals surface area contributed by atoms with Crippen molar-refractivity contribution in [2.24, 2.45) is 5.10 Å². The van der Waals surface area contributed by atoms with Crippen LogP contribution in [0.5, 0.6) is 5.75 Å². The molecule has 1 aromatic carbocycles. The second-order valence-electron chi connectivity index (χ2n) is 2.80. The number of nitrogens with zero attached hydrogens (tertiary/aromatic N) is 4. The topological polar surface area (TPSA) is 63.3 Å². The lowest BCUT2D eigenvalue weighted by Crippen LogP contribution is -1.87. The standard InChI is InChI=1S/C9H7BrN4O/c10-8-3-7(1-2-9(8)15)4-13-14-5-11-12-6-14/h1-6,15H/b13-4-. The Balaban J connectivity index is 2.21. The molecular formula is C9H7BrN4O. The summed E-state index contributed by atoms with van der Waals surface area (Å²) in [6.45, 7) is 0. The maximum Gasteiger partial charge on any atom is 0.141 e. The number of hydrogen-bond donors (Lipinski definition) is 1. The molecular weight excluding hydrogens is 260 g/mol. The second-order valence-corrected chi connectivity index (χ2v) is 3.65. The minimum atomic E-state index is 0.205. The van der Waals surface area contributed by atoms with Gasteiger partial charge in [0.05, 0.1) is 10.7 Å². The van der Waals surface area contributed by atoms with Crippen LogP contribution >= 0.6 is 15.9 Å². The number of aromatic hydroxyl groups is 1. The number of rotatable bonds is 2. The molecule has 1 heterocycles.